The molecule has 0 atom stereocenters. The summed E-state index contributed by atoms with van der Waals surface area (Å²) in [5, 5.41) is 13.5. The van der Waals surface area contributed by atoms with Gasteiger partial charge in [0.15, 0.2) is 9.35 Å². The molecule has 0 amide bonds. The Bertz CT molecular complexity index is 766. The molecular formula is C14H13FN4S2. The first-order valence-electron chi connectivity index (χ1n) is 6.34. The van der Waals surface area contributed by atoms with Gasteiger partial charge in [-0.3, -0.25) is 4.68 Å². The lowest BCUT2D eigenvalue weighted by Crippen LogP contribution is -1.86. The number of hydrogen-bond donors (Lipinski definition) is 0. The molecule has 4 nitrogen and oxygen atoms in total. The second-order valence-corrected chi connectivity index (χ2v) is 6.76. The van der Waals surface area contributed by atoms with Crippen LogP contribution < -0.4 is 0 Å². The Kier molecular flexibility index (Phi) is 4.03. The van der Waals surface area contributed by atoms with Crippen LogP contribution in [0.3, 0.4) is 0 Å². The first-order chi connectivity index (χ1) is 10.1. The van der Waals surface area contributed by atoms with Gasteiger partial charge in [0.1, 0.15) is 5.82 Å². The van der Waals surface area contributed by atoms with Crippen LogP contribution in [0.25, 0.3) is 10.6 Å². The molecule has 0 fully saturated rings. The number of nitrogens with zero attached hydrogens (tertiary/aromatic N) is 4. The van der Waals surface area contributed by atoms with Crippen molar-refractivity contribution in [1.82, 2.24) is 20.0 Å². The van der Waals surface area contributed by atoms with Gasteiger partial charge >= 0.3 is 0 Å². The minimum absolute atomic E-state index is 0.183. The normalized spacial score (nSPS) is 11.0. The minimum atomic E-state index is -0.183. The van der Waals surface area contributed by atoms with E-state index in [0.29, 0.717) is 11.3 Å². The molecule has 0 aliphatic heterocycles. The van der Waals surface area contributed by atoms with E-state index >= 15 is 0 Å². The molecule has 0 bridgehead atoms. The van der Waals surface area contributed by atoms with Crippen molar-refractivity contribution in [2.24, 2.45) is 7.05 Å². The van der Waals surface area contributed by atoms with Crippen molar-refractivity contribution >= 4 is 23.1 Å². The molecule has 1 aromatic carbocycles. The van der Waals surface area contributed by atoms with Crippen molar-refractivity contribution < 1.29 is 4.39 Å². The predicted molar refractivity (Wildman–Crippen MR) is 82.8 cm³/mol. The summed E-state index contributed by atoms with van der Waals surface area (Å²) in [6.45, 7) is 1.95. The van der Waals surface area contributed by atoms with Crippen molar-refractivity contribution in [3.8, 4) is 10.6 Å². The van der Waals surface area contributed by atoms with Crippen LogP contribution >= 0.6 is 23.1 Å². The number of halogens is 1. The smallest absolute Gasteiger partial charge is 0.174 e. The van der Waals surface area contributed by atoms with Crippen LogP contribution in [0.2, 0.25) is 0 Å². The fourth-order valence-electron chi connectivity index (χ4n) is 1.94. The van der Waals surface area contributed by atoms with Gasteiger partial charge in [-0.25, -0.2) is 4.39 Å². The molecule has 2 aromatic heterocycles. The third-order valence-corrected chi connectivity index (χ3v) is 5.10. The van der Waals surface area contributed by atoms with E-state index in [1.165, 1.54) is 29.2 Å². The molecule has 0 unspecified atom stereocenters. The molecular weight excluding hydrogens is 307 g/mol. The van der Waals surface area contributed by atoms with E-state index in [4.69, 9.17) is 0 Å². The van der Waals surface area contributed by atoms with Crippen LogP contribution in [0.5, 0.6) is 0 Å². The third-order valence-electron chi connectivity index (χ3n) is 2.96. The van der Waals surface area contributed by atoms with Crippen molar-refractivity contribution in [2.75, 3.05) is 0 Å². The first kappa shape index (κ1) is 14.2. The Morgan fingerprint density at radius 2 is 2.10 bits per heavy atom. The Morgan fingerprint density at radius 3 is 2.81 bits per heavy atom. The van der Waals surface area contributed by atoms with E-state index in [2.05, 4.69) is 15.3 Å². The highest BCUT2D eigenvalue weighted by Gasteiger charge is 2.12. The van der Waals surface area contributed by atoms with Gasteiger partial charge in [0.05, 0.1) is 11.3 Å². The second-order valence-electron chi connectivity index (χ2n) is 4.56. The standard InChI is InChI=1S/C14H13FN4S2/c1-9-11(7-19(2)18-9)13-16-17-14(21-13)20-8-10-5-3-4-6-12(10)15/h3-7H,8H2,1-2H3. The van der Waals surface area contributed by atoms with Gasteiger partial charge in [0.25, 0.3) is 0 Å². The van der Waals surface area contributed by atoms with Gasteiger partial charge in [-0.1, -0.05) is 41.3 Å². The minimum Gasteiger partial charge on any atom is -0.275 e. The fraction of sp³-hybridized carbons (Fsp3) is 0.214. The number of thioether (sulfide) groups is 1. The van der Waals surface area contributed by atoms with E-state index in [1.807, 2.05) is 26.2 Å². The second kappa shape index (κ2) is 5.95. The van der Waals surface area contributed by atoms with E-state index in [9.17, 15) is 4.39 Å². The summed E-state index contributed by atoms with van der Waals surface area (Å²) in [6.07, 6.45) is 1.93. The first-order valence-corrected chi connectivity index (χ1v) is 8.14. The number of rotatable bonds is 4. The van der Waals surface area contributed by atoms with Crippen LogP contribution in [0, 0.1) is 12.7 Å². The van der Waals surface area contributed by atoms with Crippen LogP contribution in [0.15, 0.2) is 34.8 Å². The van der Waals surface area contributed by atoms with Gasteiger partial charge < -0.3 is 0 Å². The molecule has 0 N–H and O–H groups in total. The summed E-state index contributed by atoms with van der Waals surface area (Å²) < 4.78 is 16.2. The number of hydrogen-bond acceptors (Lipinski definition) is 5. The van der Waals surface area contributed by atoms with Gasteiger partial charge in [-0.15, -0.1) is 10.2 Å². The van der Waals surface area contributed by atoms with Gasteiger partial charge in [-0.2, -0.15) is 5.10 Å². The topological polar surface area (TPSA) is 43.6 Å². The molecule has 7 heteroatoms. The molecule has 2 heterocycles. The van der Waals surface area contributed by atoms with Crippen molar-refractivity contribution in [3.05, 3.63) is 47.5 Å². The van der Waals surface area contributed by atoms with E-state index < -0.39 is 0 Å². The van der Waals surface area contributed by atoms with Crippen LogP contribution in [0.1, 0.15) is 11.3 Å². The zero-order chi connectivity index (χ0) is 14.8. The van der Waals surface area contributed by atoms with Crippen LogP contribution in [-0.4, -0.2) is 20.0 Å². The quantitative estimate of drug-likeness (QED) is 0.688. The van der Waals surface area contributed by atoms with Crippen LogP contribution in [0.4, 0.5) is 4.39 Å². The summed E-state index contributed by atoms with van der Waals surface area (Å²) in [5.41, 5.74) is 2.60. The summed E-state index contributed by atoms with van der Waals surface area (Å²) in [4.78, 5) is 0. The molecule has 0 saturated heterocycles. The summed E-state index contributed by atoms with van der Waals surface area (Å²) in [5.74, 6) is 0.366. The maximum atomic E-state index is 13.6. The third kappa shape index (κ3) is 3.14. The lowest BCUT2D eigenvalue weighted by atomic mass is 10.2. The van der Waals surface area contributed by atoms with E-state index in [-0.39, 0.29) is 5.82 Å². The van der Waals surface area contributed by atoms with E-state index in [1.54, 1.807) is 16.8 Å². The highest BCUT2D eigenvalue weighted by Crippen LogP contribution is 2.32. The summed E-state index contributed by atoms with van der Waals surface area (Å²) in [7, 11) is 1.88. The molecule has 21 heavy (non-hydrogen) atoms. The van der Waals surface area contributed by atoms with Crippen molar-refractivity contribution in [1.29, 1.82) is 0 Å². The Labute approximate surface area is 130 Å². The van der Waals surface area contributed by atoms with Crippen molar-refractivity contribution in [2.45, 2.75) is 17.0 Å². The molecule has 0 radical (unpaired) electrons. The maximum absolute atomic E-state index is 13.6. The largest absolute Gasteiger partial charge is 0.275 e. The lowest BCUT2D eigenvalue weighted by molar-refractivity contribution is 0.617. The average Bonchev–Trinajstić information content (AvgIpc) is 3.04. The highest BCUT2D eigenvalue weighted by atomic mass is 32.2. The summed E-state index contributed by atoms with van der Waals surface area (Å²) in [6, 6.07) is 6.79. The lowest BCUT2D eigenvalue weighted by Gasteiger charge is -1.99. The molecule has 108 valence electrons. The fourth-order valence-corrected chi connectivity index (χ4v) is 3.84. The maximum Gasteiger partial charge on any atom is 0.174 e. The molecule has 3 aromatic rings. The van der Waals surface area contributed by atoms with E-state index in [0.717, 1.165) is 20.6 Å². The molecule has 3 rings (SSSR count). The zero-order valence-electron chi connectivity index (χ0n) is 11.6. The highest BCUT2D eigenvalue weighted by molar-refractivity contribution is 8.00. The number of benzene rings is 1. The Morgan fingerprint density at radius 1 is 1.29 bits per heavy atom. The molecule has 0 aliphatic carbocycles. The Hall–Kier alpha value is -1.73. The number of aryl methyl sites for hydroxylation is 2. The van der Waals surface area contributed by atoms with Crippen molar-refractivity contribution in [3.63, 3.8) is 0 Å². The molecule has 0 saturated carbocycles. The molecule has 0 spiro atoms. The number of aromatic nitrogens is 4. The predicted octanol–water partition coefficient (Wildman–Crippen LogP) is 3.68. The Balaban J connectivity index is 1.74. The molecule has 0 aliphatic rings. The zero-order valence-corrected chi connectivity index (χ0v) is 13.2. The SMILES string of the molecule is Cc1nn(C)cc1-c1nnc(SCc2ccccc2F)s1. The monoisotopic (exact) mass is 320 g/mol. The van der Waals surface area contributed by atoms with Gasteiger partial charge in [0.2, 0.25) is 0 Å². The van der Waals surface area contributed by atoms with Crippen LogP contribution in [-0.2, 0) is 12.8 Å². The van der Waals surface area contributed by atoms with Gasteiger partial charge in [-0.05, 0) is 18.6 Å². The summed E-state index contributed by atoms with van der Waals surface area (Å²) >= 11 is 3.00. The van der Waals surface area contributed by atoms with Gasteiger partial charge in [0, 0.05) is 19.0 Å². The average molecular weight is 320 g/mol.